The predicted octanol–water partition coefficient (Wildman–Crippen LogP) is 3.94. The number of aromatic nitrogens is 3. The van der Waals surface area contributed by atoms with E-state index in [1.165, 1.54) is 34.1 Å². The van der Waals surface area contributed by atoms with Gasteiger partial charge in [0.1, 0.15) is 9.90 Å². The maximum absolute atomic E-state index is 13.9. The first-order chi connectivity index (χ1) is 14.9. The van der Waals surface area contributed by atoms with Crippen LogP contribution < -0.4 is 10.1 Å². The zero-order valence-corrected chi connectivity index (χ0v) is 18.4. The second-order valence-electron chi connectivity index (χ2n) is 7.65. The van der Waals surface area contributed by atoms with Crippen LogP contribution in [-0.4, -0.2) is 30.1 Å². The van der Waals surface area contributed by atoms with E-state index in [1.54, 1.807) is 0 Å². The molecule has 1 N–H and O–H groups in total. The minimum atomic E-state index is -3.98. The van der Waals surface area contributed by atoms with Gasteiger partial charge in [0.2, 0.25) is 0 Å². The van der Waals surface area contributed by atoms with Gasteiger partial charge < -0.3 is 0 Å². The Kier molecular flexibility index (Phi) is 4.90. The highest BCUT2D eigenvalue weighted by molar-refractivity contribution is 7.93. The fraction of sp³-hybridized carbons (Fsp3) is 0.286. The molecule has 1 aliphatic rings. The Hall–Kier alpha value is -2.98. The van der Waals surface area contributed by atoms with Crippen LogP contribution in [0.5, 0.6) is 0 Å². The van der Waals surface area contributed by atoms with E-state index in [0.29, 0.717) is 17.5 Å². The first-order valence-corrected chi connectivity index (χ1v) is 12.2. The molecule has 5 rings (SSSR count). The largest absolute Gasteiger partial charge is 0.439 e. The summed E-state index contributed by atoms with van der Waals surface area (Å²) in [5.41, 5.74) is 1.18. The van der Waals surface area contributed by atoms with E-state index in [2.05, 4.69) is 19.6 Å². The minimum absolute atomic E-state index is 0.0211. The van der Waals surface area contributed by atoms with Gasteiger partial charge in [-0.15, -0.1) is 11.3 Å². The number of rotatable bonds is 7. The van der Waals surface area contributed by atoms with Crippen LogP contribution >= 0.6 is 11.3 Å². The third-order valence-electron chi connectivity index (χ3n) is 5.53. The predicted molar refractivity (Wildman–Crippen MR) is 119 cm³/mol. The number of sulfonamides is 1. The van der Waals surface area contributed by atoms with E-state index >= 15 is 0 Å². The lowest BCUT2D eigenvalue weighted by atomic mass is 10.2. The van der Waals surface area contributed by atoms with Crippen molar-refractivity contribution in [2.24, 2.45) is 5.92 Å². The van der Waals surface area contributed by atoms with Gasteiger partial charge in [-0.1, -0.05) is 36.2 Å². The van der Waals surface area contributed by atoms with Crippen molar-refractivity contribution in [1.29, 1.82) is 0 Å². The highest BCUT2D eigenvalue weighted by Gasteiger charge is 2.33. The summed E-state index contributed by atoms with van der Waals surface area (Å²) in [4.78, 5) is 17.9. The van der Waals surface area contributed by atoms with E-state index in [4.69, 9.17) is 0 Å². The van der Waals surface area contributed by atoms with Crippen LogP contribution in [0.4, 0.5) is 5.00 Å². The highest BCUT2D eigenvalue weighted by atomic mass is 32.2. The van der Waals surface area contributed by atoms with E-state index in [1.807, 2.05) is 31.2 Å². The van der Waals surface area contributed by atoms with Crippen LogP contribution in [0.2, 0.25) is 0 Å². The second kappa shape index (κ2) is 7.61. The molecule has 0 radical (unpaired) electrons. The van der Waals surface area contributed by atoms with Crippen molar-refractivity contribution in [3.8, 4) is 11.4 Å². The lowest BCUT2D eigenvalue weighted by Crippen LogP contribution is -2.32. The minimum Gasteiger partial charge on any atom is -0.296 e. The summed E-state index contributed by atoms with van der Waals surface area (Å²) in [6, 6.07) is 9.42. The fourth-order valence-electron chi connectivity index (χ4n) is 3.68. The summed E-state index contributed by atoms with van der Waals surface area (Å²) in [5, 5.41) is 5.42. The van der Waals surface area contributed by atoms with Crippen molar-refractivity contribution in [1.82, 2.24) is 15.1 Å². The number of aromatic amines is 1. The van der Waals surface area contributed by atoms with Crippen LogP contribution in [0, 0.1) is 12.8 Å². The molecule has 10 heteroatoms. The molecule has 0 unspecified atom stereocenters. The summed E-state index contributed by atoms with van der Waals surface area (Å²) in [6.45, 7) is 2.33. The first-order valence-electron chi connectivity index (χ1n) is 9.96. The monoisotopic (exact) mass is 456 g/mol. The molecule has 8 nitrogen and oxygen atoms in total. The number of pyridine rings is 1. The van der Waals surface area contributed by atoms with Crippen LogP contribution in [0.3, 0.4) is 0 Å². The highest BCUT2D eigenvalue weighted by Crippen LogP contribution is 2.42. The maximum Gasteiger partial charge on any atom is 0.439 e. The first kappa shape index (κ1) is 20.0. The summed E-state index contributed by atoms with van der Waals surface area (Å²) >= 11 is 1.47. The Bertz CT molecular complexity index is 1420. The van der Waals surface area contributed by atoms with Gasteiger partial charge in [-0.25, -0.2) is 13.2 Å². The number of fused-ring (bicyclic) bond motifs is 1. The van der Waals surface area contributed by atoms with E-state index < -0.39 is 15.8 Å². The number of benzene rings is 1. The molecule has 1 aliphatic carbocycles. The molecule has 0 saturated heterocycles. The van der Waals surface area contributed by atoms with Crippen LogP contribution in [0.15, 0.2) is 56.9 Å². The van der Waals surface area contributed by atoms with Crippen molar-refractivity contribution in [2.45, 2.75) is 31.1 Å². The molecule has 3 heterocycles. The second-order valence-corrected chi connectivity index (χ2v) is 10.5. The number of nitrogens with one attached hydrogen (secondary N) is 1. The van der Waals surface area contributed by atoms with Gasteiger partial charge in [0.15, 0.2) is 5.82 Å². The quantitative estimate of drug-likeness (QED) is 0.451. The molecule has 0 atom stereocenters. The number of aryl methyl sites for hydroxylation is 1. The van der Waals surface area contributed by atoms with Crippen molar-refractivity contribution < 1.29 is 12.9 Å². The Balaban J connectivity index is 1.65. The van der Waals surface area contributed by atoms with Gasteiger partial charge in [0.25, 0.3) is 10.0 Å². The van der Waals surface area contributed by atoms with Gasteiger partial charge >= 0.3 is 5.76 Å². The van der Waals surface area contributed by atoms with Crippen molar-refractivity contribution in [2.75, 3.05) is 10.8 Å². The van der Waals surface area contributed by atoms with Crippen LogP contribution in [0.1, 0.15) is 24.8 Å². The molecule has 4 aromatic rings. The Morgan fingerprint density at radius 3 is 2.77 bits per heavy atom. The van der Waals surface area contributed by atoms with Crippen molar-refractivity contribution in [3.63, 3.8) is 0 Å². The molecule has 31 heavy (non-hydrogen) atoms. The van der Waals surface area contributed by atoms with E-state index in [0.717, 1.165) is 34.9 Å². The molecule has 1 saturated carbocycles. The topological polar surface area (TPSA) is 109 Å². The smallest absolute Gasteiger partial charge is 0.296 e. The zero-order chi connectivity index (χ0) is 21.6. The lowest BCUT2D eigenvalue weighted by molar-refractivity contribution is 0.388. The van der Waals surface area contributed by atoms with Gasteiger partial charge in [-0.3, -0.25) is 18.8 Å². The third-order valence-corrected chi connectivity index (χ3v) is 8.77. The van der Waals surface area contributed by atoms with Crippen LogP contribution in [-0.2, 0) is 10.0 Å². The van der Waals surface area contributed by atoms with E-state index in [-0.39, 0.29) is 16.3 Å². The average Bonchev–Trinajstić information content (AvgIpc) is 3.41. The molecule has 1 aromatic carbocycles. The Morgan fingerprint density at radius 2 is 2.06 bits per heavy atom. The third kappa shape index (κ3) is 3.66. The number of H-pyrrole nitrogens is 1. The molecule has 0 amide bonds. The van der Waals surface area contributed by atoms with Crippen molar-refractivity contribution >= 4 is 36.4 Å². The molecule has 160 valence electrons. The van der Waals surface area contributed by atoms with Gasteiger partial charge in [-0.05, 0) is 42.3 Å². The molecule has 0 spiro atoms. The molecular weight excluding hydrogens is 436 g/mol. The zero-order valence-electron chi connectivity index (χ0n) is 16.7. The van der Waals surface area contributed by atoms with Gasteiger partial charge in [0.05, 0.1) is 0 Å². The summed E-state index contributed by atoms with van der Waals surface area (Å²) in [5.74, 6) is -0.130. The number of hydrogen-bond donors (Lipinski definition) is 1. The average molecular weight is 457 g/mol. The van der Waals surface area contributed by atoms with Crippen molar-refractivity contribution in [3.05, 3.63) is 58.8 Å². The van der Waals surface area contributed by atoms with E-state index in [9.17, 15) is 13.2 Å². The molecule has 3 aromatic heterocycles. The summed E-state index contributed by atoms with van der Waals surface area (Å²) in [6.07, 6.45) is 5.82. The lowest BCUT2D eigenvalue weighted by Gasteiger charge is -2.24. The normalized spacial score (nSPS) is 14.2. The fourth-order valence-corrected chi connectivity index (χ4v) is 6.81. The maximum atomic E-state index is 13.9. The summed E-state index contributed by atoms with van der Waals surface area (Å²) in [7, 11) is -3.98. The standard InChI is InChI=1S/C21H20N4O4S2/c1-13-15-4-2-3-5-17(15)30-20(13)25(11-9-14-6-7-14)31(27,28)18-12-22-10-8-16(18)19-23-21(26)29-24-19/h2-5,8,10,12,14H,6-7,9,11H2,1H3,(H,23,24,26). The van der Waals surface area contributed by atoms with Crippen LogP contribution in [0.25, 0.3) is 21.5 Å². The summed E-state index contributed by atoms with van der Waals surface area (Å²) < 4.78 is 35.0. The Labute approximate surface area is 182 Å². The Morgan fingerprint density at radius 1 is 1.26 bits per heavy atom. The molecule has 0 bridgehead atoms. The molecular formula is C21H20N4O4S2. The number of thiophene rings is 1. The number of hydrogen-bond acceptors (Lipinski definition) is 7. The van der Waals surface area contributed by atoms with Gasteiger partial charge in [-0.2, -0.15) is 0 Å². The molecule has 0 aliphatic heterocycles. The number of nitrogens with zero attached hydrogens (tertiary/aromatic N) is 3. The SMILES string of the molecule is Cc1c(N(CCC2CC2)S(=O)(=O)c2cnccc2-c2noc(=O)[nH]2)sc2ccccc12. The number of anilines is 1. The van der Waals surface area contributed by atoms with Gasteiger partial charge in [0, 0.05) is 29.2 Å². The molecule has 1 fully saturated rings.